The van der Waals surface area contributed by atoms with E-state index < -0.39 is 17.6 Å². The van der Waals surface area contributed by atoms with Gasteiger partial charge in [-0.15, -0.1) is 10.2 Å². The van der Waals surface area contributed by atoms with Crippen molar-refractivity contribution in [3.8, 4) is 11.5 Å². The Bertz CT molecular complexity index is 623. The number of rotatable bonds is 3. The van der Waals surface area contributed by atoms with Crippen LogP contribution in [0.4, 0.5) is 8.78 Å². The number of aliphatic carboxylic acids is 1. The molecular formula is C11H6F2N2O3. The molecule has 0 aliphatic heterocycles. The van der Waals surface area contributed by atoms with Crippen molar-refractivity contribution in [3.05, 3.63) is 41.8 Å². The predicted octanol–water partition coefficient (Wildman–Crippen LogP) is 2.11. The summed E-state index contributed by atoms with van der Waals surface area (Å²) >= 11 is 0. The van der Waals surface area contributed by atoms with Gasteiger partial charge < -0.3 is 9.52 Å². The summed E-state index contributed by atoms with van der Waals surface area (Å²) in [7, 11) is 0. The molecule has 0 saturated heterocycles. The number of aromatic nitrogens is 2. The van der Waals surface area contributed by atoms with Gasteiger partial charge >= 0.3 is 5.97 Å². The summed E-state index contributed by atoms with van der Waals surface area (Å²) in [6.07, 6.45) is 1.87. The van der Waals surface area contributed by atoms with Crippen LogP contribution in [0, 0.1) is 11.6 Å². The first kappa shape index (κ1) is 11.9. The van der Waals surface area contributed by atoms with Crippen molar-refractivity contribution in [3.63, 3.8) is 0 Å². The SMILES string of the molecule is O=C(O)/C=C/c1nnc(-c2ccc(F)cc2F)o1. The summed E-state index contributed by atoms with van der Waals surface area (Å²) in [4.78, 5) is 10.3. The highest BCUT2D eigenvalue weighted by atomic mass is 19.1. The average Bonchev–Trinajstić information content (AvgIpc) is 2.75. The minimum atomic E-state index is -1.18. The molecule has 0 aliphatic carbocycles. The van der Waals surface area contributed by atoms with E-state index in [1.165, 1.54) is 0 Å². The van der Waals surface area contributed by atoms with Gasteiger partial charge in [0.1, 0.15) is 11.6 Å². The number of hydrogen-bond acceptors (Lipinski definition) is 4. The summed E-state index contributed by atoms with van der Waals surface area (Å²) < 4.78 is 31.1. The van der Waals surface area contributed by atoms with Crippen LogP contribution in [0.2, 0.25) is 0 Å². The van der Waals surface area contributed by atoms with E-state index in [1.807, 2.05) is 0 Å². The average molecular weight is 252 g/mol. The van der Waals surface area contributed by atoms with Gasteiger partial charge in [0.05, 0.1) is 5.56 Å². The zero-order valence-electron chi connectivity index (χ0n) is 8.80. The number of hydrogen-bond donors (Lipinski definition) is 1. The molecule has 0 radical (unpaired) electrons. The fourth-order valence-corrected chi connectivity index (χ4v) is 1.22. The van der Waals surface area contributed by atoms with Crippen LogP contribution in [-0.4, -0.2) is 21.3 Å². The van der Waals surface area contributed by atoms with Crippen LogP contribution in [0.15, 0.2) is 28.7 Å². The molecule has 0 fully saturated rings. The summed E-state index contributed by atoms with van der Waals surface area (Å²) in [6, 6.07) is 2.89. The summed E-state index contributed by atoms with van der Waals surface area (Å²) in [6.45, 7) is 0. The van der Waals surface area contributed by atoms with Crippen LogP contribution in [0.3, 0.4) is 0 Å². The van der Waals surface area contributed by atoms with E-state index >= 15 is 0 Å². The molecule has 1 N–H and O–H groups in total. The van der Waals surface area contributed by atoms with E-state index in [9.17, 15) is 13.6 Å². The van der Waals surface area contributed by atoms with Gasteiger partial charge in [0.25, 0.3) is 5.89 Å². The molecule has 1 aromatic heterocycles. The van der Waals surface area contributed by atoms with Gasteiger partial charge in [-0.25, -0.2) is 13.6 Å². The first-order chi connectivity index (χ1) is 8.56. The first-order valence-electron chi connectivity index (χ1n) is 4.76. The van der Waals surface area contributed by atoms with Crippen molar-refractivity contribution in [1.82, 2.24) is 10.2 Å². The van der Waals surface area contributed by atoms with Crippen LogP contribution in [0.5, 0.6) is 0 Å². The molecule has 2 aromatic rings. The molecule has 0 atom stereocenters. The van der Waals surface area contributed by atoms with E-state index in [1.54, 1.807) is 0 Å². The maximum absolute atomic E-state index is 13.4. The maximum atomic E-state index is 13.4. The van der Waals surface area contributed by atoms with E-state index in [2.05, 4.69) is 10.2 Å². The van der Waals surface area contributed by atoms with Gasteiger partial charge in [0.15, 0.2) is 0 Å². The fourth-order valence-electron chi connectivity index (χ4n) is 1.22. The molecule has 7 heteroatoms. The second-order valence-electron chi connectivity index (χ2n) is 3.24. The highest BCUT2D eigenvalue weighted by molar-refractivity contribution is 5.84. The lowest BCUT2D eigenvalue weighted by atomic mass is 10.2. The number of halogens is 2. The van der Waals surface area contributed by atoms with Gasteiger partial charge in [0, 0.05) is 18.2 Å². The minimum Gasteiger partial charge on any atom is -0.478 e. The fraction of sp³-hybridized carbons (Fsp3) is 0. The molecule has 0 aliphatic rings. The third kappa shape index (κ3) is 2.57. The van der Waals surface area contributed by atoms with Gasteiger partial charge in [-0.1, -0.05) is 0 Å². The zero-order valence-corrected chi connectivity index (χ0v) is 8.80. The lowest BCUT2D eigenvalue weighted by Gasteiger charge is -1.96. The molecule has 2 rings (SSSR count). The minimum absolute atomic E-state index is 0.0566. The normalized spacial score (nSPS) is 11.0. The monoisotopic (exact) mass is 252 g/mol. The highest BCUT2D eigenvalue weighted by Crippen LogP contribution is 2.22. The van der Waals surface area contributed by atoms with Gasteiger partial charge in [-0.3, -0.25) is 0 Å². The zero-order chi connectivity index (χ0) is 13.1. The van der Waals surface area contributed by atoms with E-state index in [0.29, 0.717) is 6.07 Å². The van der Waals surface area contributed by atoms with Gasteiger partial charge in [-0.05, 0) is 12.1 Å². The van der Waals surface area contributed by atoms with E-state index in [0.717, 1.165) is 24.3 Å². The highest BCUT2D eigenvalue weighted by Gasteiger charge is 2.12. The molecule has 0 unspecified atom stereocenters. The Balaban J connectivity index is 2.32. The third-order valence-electron chi connectivity index (χ3n) is 1.97. The third-order valence-corrected chi connectivity index (χ3v) is 1.97. The standard InChI is InChI=1S/C11H6F2N2O3/c12-6-1-2-7(8(13)5-6)11-15-14-9(18-11)3-4-10(16)17/h1-5H,(H,16,17)/b4-3+. The molecule has 0 spiro atoms. The molecule has 0 saturated carbocycles. The van der Waals surface area contributed by atoms with Crippen LogP contribution in [-0.2, 0) is 4.79 Å². The first-order valence-corrected chi connectivity index (χ1v) is 4.76. The quantitative estimate of drug-likeness (QED) is 0.846. The molecule has 5 nitrogen and oxygen atoms in total. The number of nitrogens with zero attached hydrogens (tertiary/aromatic N) is 2. The Labute approximate surface area is 99.4 Å². The van der Waals surface area contributed by atoms with Crippen LogP contribution < -0.4 is 0 Å². The van der Waals surface area contributed by atoms with Gasteiger partial charge in [0.2, 0.25) is 5.89 Å². The van der Waals surface area contributed by atoms with Gasteiger partial charge in [-0.2, -0.15) is 0 Å². The second kappa shape index (κ2) is 4.74. The largest absolute Gasteiger partial charge is 0.478 e. The smallest absolute Gasteiger partial charge is 0.328 e. The molecule has 1 aromatic carbocycles. The molecule has 0 amide bonds. The van der Waals surface area contributed by atoms with E-state index in [4.69, 9.17) is 9.52 Å². The summed E-state index contributed by atoms with van der Waals surface area (Å²) in [5.41, 5.74) is -0.0566. The topological polar surface area (TPSA) is 76.2 Å². The molecule has 92 valence electrons. The molecule has 18 heavy (non-hydrogen) atoms. The molecular weight excluding hydrogens is 246 g/mol. The second-order valence-corrected chi connectivity index (χ2v) is 3.24. The summed E-state index contributed by atoms with van der Waals surface area (Å²) in [5.74, 6) is -2.98. The van der Waals surface area contributed by atoms with Crippen molar-refractivity contribution in [2.24, 2.45) is 0 Å². The maximum Gasteiger partial charge on any atom is 0.328 e. The summed E-state index contributed by atoms with van der Waals surface area (Å²) in [5, 5.41) is 15.4. The Morgan fingerprint density at radius 2 is 2.11 bits per heavy atom. The lowest BCUT2D eigenvalue weighted by molar-refractivity contribution is -0.131. The Morgan fingerprint density at radius 3 is 2.78 bits per heavy atom. The van der Waals surface area contributed by atoms with Crippen LogP contribution >= 0.6 is 0 Å². The molecule has 1 heterocycles. The Morgan fingerprint density at radius 1 is 1.33 bits per heavy atom. The van der Waals surface area contributed by atoms with Crippen LogP contribution in [0.25, 0.3) is 17.5 Å². The van der Waals surface area contributed by atoms with Crippen molar-refractivity contribution >= 4 is 12.0 Å². The van der Waals surface area contributed by atoms with Crippen molar-refractivity contribution in [2.75, 3.05) is 0 Å². The van der Waals surface area contributed by atoms with Crippen LogP contribution in [0.1, 0.15) is 5.89 Å². The van der Waals surface area contributed by atoms with E-state index in [-0.39, 0.29) is 17.3 Å². The van der Waals surface area contributed by atoms with Crippen molar-refractivity contribution in [1.29, 1.82) is 0 Å². The number of carboxylic acids is 1. The predicted molar refractivity (Wildman–Crippen MR) is 56.3 cm³/mol. The number of carbonyl (C=O) groups is 1. The Hall–Kier alpha value is -2.57. The van der Waals surface area contributed by atoms with Crippen molar-refractivity contribution in [2.45, 2.75) is 0 Å². The Kier molecular flexibility index (Phi) is 3.13. The lowest BCUT2D eigenvalue weighted by Crippen LogP contribution is -1.86. The number of carboxylic acid groups (broad SMARTS) is 1. The number of benzene rings is 1. The molecule has 0 bridgehead atoms. The van der Waals surface area contributed by atoms with Crippen molar-refractivity contribution < 1.29 is 23.1 Å².